The van der Waals surface area contributed by atoms with E-state index in [-0.39, 0.29) is 12.4 Å². The highest BCUT2D eigenvalue weighted by atomic mass is 35.5. The molecule has 4 N–H and O–H groups in total. The van der Waals surface area contributed by atoms with Crippen LogP contribution in [0.1, 0.15) is 35.4 Å². The van der Waals surface area contributed by atoms with Crippen LogP contribution >= 0.6 is 12.4 Å². The summed E-state index contributed by atoms with van der Waals surface area (Å²) in [6, 6.07) is 6.62. The lowest BCUT2D eigenvalue weighted by molar-refractivity contribution is 0.325. The fourth-order valence-electron chi connectivity index (χ4n) is 3.20. The van der Waals surface area contributed by atoms with Crippen LogP contribution in [0.4, 0.5) is 0 Å². The number of aryl methyl sites for hydroxylation is 1. The summed E-state index contributed by atoms with van der Waals surface area (Å²) in [6.07, 6.45) is 3.74. The van der Waals surface area contributed by atoms with Crippen LogP contribution in [0.3, 0.4) is 0 Å². The fraction of sp³-hybridized carbons (Fsp3) is 0.462. The van der Waals surface area contributed by atoms with Crippen LogP contribution in [-0.4, -0.2) is 17.4 Å². The molecular formula is C13H19ClN4. The summed E-state index contributed by atoms with van der Waals surface area (Å²) in [6.45, 7) is 1.79. The first kappa shape index (κ1) is 13.0. The minimum Gasteiger partial charge on any atom is -0.368 e. The van der Waals surface area contributed by atoms with Crippen molar-refractivity contribution in [3.8, 4) is 0 Å². The molecule has 0 fully saturated rings. The molecule has 18 heavy (non-hydrogen) atoms. The van der Waals surface area contributed by atoms with E-state index in [1.807, 2.05) is 0 Å². The molecule has 0 amide bonds. The highest BCUT2D eigenvalue weighted by Crippen LogP contribution is 2.38. The van der Waals surface area contributed by atoms with Gasteiger partial charge < -0.3 is 16.5 Å². The second-order valence-corrected chi connectivity index (χ2v) is 4.95. The highest BCUT2D eigenvalue weighted by Gasteiger charge is 2.30. The van der Waals surface area contributed by atoms with Crippen molar-refractivity contribution in [1.29, 1.82) is 0 Å². The first-order valence-corrected chi connectivity index (χ1v) is 6.18. The topological polar surface area (TPSA) is 67.6 Å². The normalized spacial score (nSPS) is 22.1. The summed E-state index contributed by atoms with van der Waals surface area (Å²) in [5, 5.41) is 3.61. The zero-order valence-corrected chi connectivity index (χ0v) is 11.1. The summed E-state index contributed by atoms with van der Waals surface area (Å²) in [7, 11) is 0. The van der Waals surface area contributed by atoms with Crippen molar-refractivity contribution in [3.63, 3.8) is 0 Å². The predicted molar refractivity (Wildman–Crippen MR) is 75.6 cm³/mol. The standard InChI is InChI=1S/C13H18N4.ClH/c14-13(16-15)17-7-10-5-1-3-9-4-2-6-11(8-17)12(9)10;/h1,3,5,11H,2,4,6-8,15H2,(H2,14,16);1H. The van der Waals surface area contributed by atoms with Crippen LogP contribution in [-0.2, 0) is 13.0 Å². The zero-order chi connectivity index (χ0) is 11.8. The lowest BCUT2D eigenvalue weighted by atomic mass is 9.78. The molecule has 1 atom stereocenters. The number of hydrogen-bond donors (Lipinski definition) is 2. The first-order chi connectivity index (χ1) is 8.29. The Morgan fingerprint density at radius 2 is 2.11 bits per heavy atom. The Hall–Kier alpha value is -1.42. The molecule has 1 heterocycles. The van der Waals surface area contributed by atoms with Gasteiger partial charge in [-0.05, 0) is 36.0 Å². The molecule has 0 bridgehead atoms. The molecule has 0 spiro atoms. The van der Waals surface area contributed by atoms with E-state index in [1.165, 1.54) is 30.4 Å². The third-order valence-corrected chi connectivity index (χ3v) is 3.95. The van der Waals surface area contributed by atoms with E-state index >= 15 is 0 Å². The maximum atomic E-state index is 5.83. The van der Waals surface area contributed by atoms with Gasteiger partial charge in [-0.2, -0.15) is 0 Å². The molecule has 1 aromatic carbocycles. The van der Waals surface area contributed by atoms with Gasteiger partial charge in [0.2, 0.25) is 5.96 Å². The van der Waals surface area contributed by atoms with Crippen LogP contribution < -0.4 is 11.6 Å². The second kappa shape index (κ2) is 5.06. The maximum Gasteiger partial charge on any atom is 0.213 e. The second-order valence-electron chi connectivity index (χ2n) is 4.95. The Kier molecular flexibility index (Phi) is 3.66. The Balaban J connectivity index is 0.00000120. The lowest BCUT2D eigenvalue weighted by Gasteiger charge is -2.38. The van der Waals surface area contributed by atoms with Gasteiger partial charge in [0.25, 0.3) is 0 Å². The van der Waals surface area contributed by atoms with E-state index in [0.29, 0.717) is 11.9 Å². The Labute approximate surface area is 113 Å². The number of hydrazone groups is 1. The molecule has 1 unspecified atom stereocenters. The molecule has 3 rings (SSSR count). The predicted octanol–water partition coefficient (Wildman–Crippen LogP) is 1.53. The molecular weight excluding hydrogens is 248 g/mol. The van der Waals surface area contributed by atoms with Crippen molar-refractivity contribution in [2.75, 3.05) is 6.54 Å². The van der Waals surface area contributed by atoms with Gasteiger partial charge in [0, 0.05) is 19.0 Å². The third-order valence-electron chi connectivity index (χ3n) is 3.95. The number of rotatable bonds is 0. The quantitative estimate of drug-likeness (QED) is 0.324. The van der Waals surface area contributed by atoms with E-state index in [1.54, 1.807) is 5.56 Å². The van der Waals surface area contributed by atoms with Crippen molar-refractivity contribution in [2.45, 2.75) is 31.7 Å². The number of halogens is 1. The van der Waals surface area contributed by atoms with Gasteiger partial charge in [-0.25, -0.2) is 0 Å². The average Bonchev–Trinajstić information content (AvgIpc) is 2.38. The van der Waals surface area contributed by atoms with Gasteiger partial charge in [0.1, 0.15) is 0 Å². The largest absolute Gasteiger partial charge is 0.368 e. The van der Waals surface area contributed by atoms with Gasteiger partial charge >= 0.3 is 0 Å². The third kappa shape index (κ3) is 2.01. The average molecular weight is 267 g/mol. The molecule has 0 radical (unpaired) electrons. The van der Waals surface area contributed by atoms with Gasteiger partial charge in [-0.3, -0.25) is 0 Å². The van der Waals surface area contributed by atoms with Crippen molar-refractivity contribution in [1.82, 2.24) is 4.90 Å². The first-order valence-electron chi connectivity index (χ1n) is 6.18. The zero-order valence-electron chi connectivity index (χ0n) is 10.3. The van der Waals surface area contributed by atoms with E-state index in [9.17, 15) is 0 Å². The van der Waals surface area contributed by atoms with E-state index in [2.05, 4.69) is 28.2 Å². The smallest absolute Gasteiger partial charge is 0.213 e. The van der Waals surface area contributed by atoms with Gasteiger partial charge in [-0.1, -0.05) is 18.2 Å². The number of nitrogens with two attached hydrogens (primary N) is 2. The van der Waals surface area contributed by atoms with Gasteiger partial charge in [-0.15, -0.1) is 17.5 Å². The van der Waals surface area contributed by atoms with Crippen molar-refractivity contribution in [2.24, 2.45) is 16.7 Å². The molecule has 98 valence electrons. The van der Waals surface area contributed by atoms with Crippen LogP contribution in [0.25, 0.3) is 0 Å². The molecule has 1 aliphatic carbocycles. The van der Waals surface area contributed by atoms with Crippen LogP contribution in [0, 0.1) is 0 Å². The molecule has 4 nitrogen and oxygen atoms in total. The fourth-order valence-corrected chi connectivity index (χ4v) is 3.20. The molecule has 0 aromatic heterocycles. The van der Waals surface area contributed by atoms with Crippen LogP contribution in [0.15, 0.2) is 23.3 Å². The molecule has 0 saturated heterocycles. The maximum absolute atomic E-state index is 5.83. The summed E-state index contributed by atoms with van der Waals surface area (Å²) >= 11 is 0. The minimum atomic E-state index is 0. The molecule has 1 aromatic rings. The monoisotopic (exact) mass is 266 g/mol. The minimum absolute atomic E-state index is 0. The van der Waals surface area contributed by atoms with Crippen molar-refractivity contribution in [3.05, 3.63) is 34.9 Å². The van der Waals surface area contributed by atoms with Crippen LogP contribution in [0.2, 0.25) is 0 Å². The molecule has 2 aliphatic rings. The van der Waals surface area contributed by atoms with Crippen molar-refractivity contribution >= 4 is 18.4 Å². The number of nitrogens with zero attached hydrogens (tertiary/aromatic N) is 2. The molecule has 1 aliphatic heterocycles. The molecule has 5 heteroatoms. The Morgan fingerprint density at radius 1 is 1.33 bits per heavy atom. The summed E-state index contributed by atoms with van der Waals surface area (Å²) in [4.78, 5) is 2.09. The lowest BCUT2D eigenvalue weighted by Crippen LogP contribution is -2.44. The van der Waals surface area contributed by atoms with Gasteiger partial charge in [0.05, 0.1) is 0 Å². The number of hydrogen-bond acceptors (Lipinski definition) is 2. The summed E-state index contributed by atoms with van der Waals surface area (Å²) < 4.78 is 0. The highest BCUT2D eigenvalue weighted by molar-refractivity contribution is 5.85. The van der Waals surface area contributed by atoms with E-state index < -0.39 is 0 Å². The van der Waals surface area contributed by atoms with E-state index in [4.69, 9.17) is 11.6 Å². The summed E-state index contributed by atoms with van der Waals surface area (Å²) in [5.41, 5.74) is 10.3. The van der Waals surface area contributed by atoms with Crippen molar-refractivity contribution < 1.29 is 0 Å². The number of benzene rings is 1. The SMILES string of the molecule is Cl.N/N=C(/N)N1Cc2cccc3c2C(CCC3)C1. The Bertz CT molecular complexity index is 472. The van der Waals surface area contributed by atoms with Crippen LogP contribution in [0.5, 0.6) is 0 Å². The van der Waals surface area contributed by atoms with E-state index in [0.717, 1.165) is 13.1 Å². The van der Waals surface area contributed by atoms with Gasteiger partial charge in [0.15, 0.2) is 0 Å². The molecule has 0 saturated carbocycles. The summed E-state index contributed by atoms with van der Waals surface area (Å²) in [5.74, 6) is 6.33. The number of guanidine groups is 1. The Morgan fingerprint density at radius 3 is 2.89 bits per heavy atom.